The van der Waals surface area contributed by atoms with Gasteiger partial charge in [-0.25, -0.2) is 0 Å². The Balaban J connectivity index is 2.32. The third kappa shape index (κ3) is 1.09. The average Bonchev–Trinajstić information content (AvgIpc) is 2.50. The largest absolute Gasteiger partial charge is 0.489 e. The summed E-state index contributed by atoms with van der Waals surface area (Å²) in [6, 6.07) is 0. The second-order valence-electron chi connectivity index (χ2n) is 2.55. The summed E-state index contributed by atoms with van der Waals surface area (Å²) in [6.45, 7) is 5.11. The Hall–Kier alpha value is -0.700. The van der Waals surface area contributed by atoms with Crippen LogP contribution in [0.1, 0.15) is 6.92 Å². The normalized spacial score (nSPS) is 15.9. The number of likely N-dealkylation sites (N-methyl/N-ethyl adjacent to an activating group) is 1. The lowest BCUT2D eigenvalue weighted by Gasteiger charge is -2.27. The molecule has 2 nitrogen and oxygen atoms in total. The Morgan fingerprint density at radius 3 is 3.36 bits per heavy atom. The van der Waals surface area contributed by atoms with Crippen molar-refractivity contribution in [2.75, 3.05) is 24.6 Å². The SMILES string of the molecule is CCN1CCOc2cscc21. The predicted molar refractivity (Wildman–Crippen MR) is 47.7 cm³/mol. The van der Waals surface area contributed by atoms with Crippen molar-refractivity contribution >= 4 is 17.0 Å². The maximum absolute atomic E-state index is 5.46. The molecule has 0 spiro atoms. The van der Waals surface area contributed by atoms with E-state index in [1.165, 1.54) is 5.69 Å². The van der Waals surface area contributed by atoms with Crippen molar-refractivity contribution in [2.24, 2.45) is 0 Å². The molecule has 60 valence electrons. The summed E-state index contributed by atoms with van der Waals surface area (Å²) in [7, 11) is 0. The topological polar surface area (TPSA) is 12.5 Å². The molecule has 0 fully saturated rings. The van der Waals surface area contributed by atoms with Gasteiger partial charge in [0.1, 0.15) is 6.61 Å². The summed E-state index contributed by atoms with van der Waals surface area (Å²) in [4.78, 5) is 2.34. The fourth-order valence-corrected chi connectivity index (χ4v) is 2.11. The quantitative estimate of drug-likeness (QED) is 0.637. The lowest BCUT2D eigenvalue weighted by Crippen LogP contribution is -2.31. The van der Waals surface area contributed by atoms with Crippen LogP contribution < -0.4 is 9.64 Å². The van der Waals surface area contributed by atoms with E-state index in [-0.39, 0.29) is 0 Å². The molecule has 0 unspecified atom stereocenters. The molecular formula is C8H11NOS. The smallest absolute Gasteiger partial charge is 0.153 e. The van der Waals surface area contributed by atoms with Crippen LogP contribution in [0.25, 0.3) is 0 Å². The Morgan fingerprint density at radius 2 is 2.55 bits per heavy atom. The molecule has 1 aromatic heterocycles. The van der Waals surface area contributed by atoms with Crippen LogP contribution in [0, 0.1) is 0 Å². The zero-order valence-corrected chi connectivity index (χ0v) is 7.36. The standard InChI is InChI=1S/C8H11NOS/c1-2-9-3-4-10-8-6-11-5-7(8)9/h5-6H,2-4H2,1H3. The van der Waals surface area contributed by atoms with Crippen molar-refractivity contribution in [1.29, 1.82) is 0 Å². The minimum atomic E-state index is 0.831. The van der Waals surface area contributed by atoms with E-state index in [2.05, 4.69) is 22.6 Å². The number of hydrogen-bond donors (Lipinski definition) is 0. The van der Waals surface area contributed by atoms with Gasteiger partial charge in [-0.1, -0.05) is 0 Å². The first-order valence-corrected chi connectivity index (χ1v) is 4.80. The van der Waals surface area contributed by atoms with Gasteiger partial charge in [0.15, 0.2) is 5.75 Å². The lowest BCUT2D eigenvalue weighted by atomic mass is 10.3. The molecule has 3 heteroatoms. The Labute approximate surface area is 70.4 Å². The van der Waals surface area contributed by atoms with Crippen molar-refractivity contribution in [1.82, 2.24) is 0 Å². The highest BCUT2D eigenvalue weighted by Crippen LogP contribution is 2.34. The van der Waals surface area contributed by atoms with Gasteiger partial charge in [0.05, 0.1) is 12.2 Å². The minimum Gasteiger partial charge on any atom is -0.489 e. The highest BCUT2D eigenvalue weighted by atomic mass is 32.1. The van der Waals surface area contributed by atoms with Gasteiger partial charge in [0.2, 0.25) is 0 Å². The van der Waals surface area contributed by atoms with Crippen LogP contribution in [0.3, 0.4) is 0 Å². The number of fused-ring (bicyclic) bond motifs is 1. The monoisotopic (exact) mass is 169 g/mol. The van der Waals surface area contributed by atoms with Crippen LogP contribution in [0.15, 0.2) is 10.8 Å². The maximum Gasteiger partial charge on any atom is 0.153 e. The van der Waals surface area contributed by atoms with E-state index < -0.39 is 0 Å². The van der Waals surface area contributed by atoms with E-state index in [9.17, 15) is 0 Å². The van der Waals surface area contributed by atoms with E-state index in [0.29, 0.717) is 0 Å². The third-order valence-electron chi connectivity index (χ3n) is 1.95. The molecule has 2 heterocycles. The molecule has 0 atom stereocenters. The fourth-order valence-electron chi connectivity index (χ4n) is 1.33. The predicted octanol–water partition coefficient (Wildman–Crippen LogP) is 1.97. The van der Waals surface area contributed by atoms with Crippen LogP contribution in [-0.2, 0) is 0 Å². The number of thiophene rings is 1. The molecule has 1 aliphatic heterocycles. The summed E-state index contributed by atoms with van der Waals surface area (Å²) in [5, 5.41) is 4.22. The van der Waals surface area contributed by atoms with Crippen molar-refractivity contribution < 1.29 is 4.74 Å². The number of rotatable bonds is 1. The van der Waals surface area contributed by atoms with Gasteiger partial charge in [-0.2, -0.15) is 0 Å². The first kappa shape index (κ1) is 6.98. The van der Waals surface area contributed by atoms with Crippen LogP contribution >= 0.6 is 11.3 Å². The molecule has 2 rings (SSSR count). The van der Waals surface area contributed by atoms with E-state index in [1.54, 1.807) is 11.3 Å². The minimum absolute atomic E-state index is 0.831. The lowest BCUT2D eigenvalue weighted by molar-refractivity contribution is 0.310. The van der Waals surface area contributed by atoms with E-state index in [0.717, 1.165) is 25.4 Å². The first-order valence-electron chi connectivity index (χ1n) is 3.85. The highest BCUT2D eigenvalue weighted by Gasteiger charge is 2.16. The average molecular weight is 169 g/mol. The van der Waals surface area contributed by atoms with Crippen LogP contribution in [0.2, 0.25) is 0 Å². The summed E-state index contributed by atoms with van der Waals surface area (Å²) < 4.78 is 5.46. The number of hydrogen-bond acceptors (Lipinski definition) is 3. The molecule has 0 radical (unpaired) electrons. The molecular weight excluding hydrogens is 158 g/mol. The fraction of sp³-hybridized carbons (Fsp3) is 0.500. The molecule has 11 heavy (non-hydrogen) atoms. The van der Waals surface area contributed by atoms with Gasteiger partial charge in [-0.3, -0.25) is 0 Å². The van der Waals surface area contributed by atoms with Crippen molar-refractivity contribution in [3.05, 3.63) is 10.8 Å². The molecule has 1 aliphatic rings. The summed E-state index contributed by atoms with van der Waals surface area (Å²) in [6.07, 6.45) is 0. The molecule has 0 amide bonds. The maximum atomic E-state index is 5.46. The highest BCUT2D eigenvalue weighted by molar-refractivity contribution is 7.08. The van der Waals surface area contributed by atoms with Crippen LogP contribution in [0.4, 0.5) is 5.69 Å². The number of anilines is 1. The molecule has 0 bridgehead atoms. The second-order valence-corrected chi connectivity index (χ2v) is 3.29. The Bertz CT molecular complexity index is 246. The van der Waals surface area contributed by atoms with Crippen molar-refractivity contribution in [3.63, 3.8) is 0 Å². The summed E-state index contributed by atoms with van der Waals surface area (Å²) in [5.74, 6) is 1.06. The number of ether oxygens (including phenoxy) is 1. The van der Waals surface area contributed by atoms with Crippen LogP contribution in [0.5, 0.6) is 5.75 Å². The van der Waals surface area contributed by atoms with Gasteiger partial charge < -0.3 is 9.64 Å². The molecule has 0 aromatic carbocycles. The van der Waals surface area contributed by atoms with E-state index >= 15 is 0 Å². The first-order chi connectivity index (χ1) is 5.42. The zero-order chi connectivity index (χ0) is 7.68. The molecule has 0 saturated heterocycles. The van der Waals surface area contributed by atoms with Crippen molar-refractivity contribution in [2.45, 2.75) is 6.92 Å². The summed E-state index contributed by atoms with van der Waals surface area (Å²) in [5.41, 5.74) is 1.27. The third-order valence-corrected chi connectivity index (χ3v) is 2.66. The molecule has 1 aromatic rings. The molecule has 0 aliphatic carbocycles. The van der Waals surface area contributed by atoms with Crippen molar-refractivity contribution in [3.8, 4) is 5.75 Å². The number of nitrogens with zero attached hydrogens (tertiary/aromatic N) is 1. The van der Waals surface area contributed by atoms with Gasteiger partial charge in [0, 0.05) is 17.3 Å². The van der Waals surface area contributed by atoms with E-state index in [4.69, 9.17) is 4.74 Å². The van der Waals surface area contributed by atoms with Gasteiger partial charge in [0.25, 0.3) is 0 Å². The Kier molecular flexibility index (Phi) is 1.74. The zero-order valence-electron chi connectivity index (χ0n) is 6.54. The second kappa shape index (κ2) is 2.74. The summed E-state index contributed by atoms with van der Waals surface area (Å²) >= 11 is 1.71. The van der Waals surface area contributed by atoms with Gasteiger partial charge in [-0.05, 0) is 6.92 Å². The Morgan fingerprint density at radius 1 is 1.64 bits per heavy atom. The molecule has 0 N–H and O–H groups in total. The molecule has 0 saturated carbocycles. The van der Waals surface area contributed by atoms with Gasteiger partial charge >= 0.3 is 0 Å². The van der Waals surface area contributed by atoms with Crippen LogP contribution in [-0.4, -0.2) is 19.7 Å². The van der Waals surface area contributed by atoms with E-state index in [1.807, 2.05) is 0 Å². The van der Waals surface area contributed by atoms with Gasteiger partial charge in [-0.15, -0.1) is 11.3 Å².